The maximum Gasteiger partial charge on any atom is 0.341 e. The SMILES string of the molecule is Cn1cc(C(=O)OCC(=O)N(CCC(N)=O)Cc2ccccc2)cn1. The Hall–Kier alpha value is -3.16. The van der Waals surface area contributed by atoms with Crippen molar-refractivity contribution in [3.05, 3.63) is 53.9 Å². The van der Waals surface area contributed by atoms with E-state index in [1.54, 1.807) is 7.05 Å². The highest BCUT2D eigenvalue weighted by atomic mass is 16.5. The molecule has 8 heteroatoms. The van der Waals surface area contributed by atoms with Gasteiger partial charge in [0.25, 0.3) is 5.91 Å². The summed E-state index contributed by atoms with van der Waals surface area (Å²) in [5.74, 6) is -1.53. The van der Waals surface area contributed by atoms with Crippen molar-refractivity contribution in [2.75, 3.05) is 13.2 Å². The van der Waals surface area contributed by atoms with E-state index in [1.165, 1.54) is 22.0 Å². The lowest BCUT2D eigenvalue weighted by atomic mass is 10.2. The van der Waals surface area contributed by atoms with Gasteiger partial charge in [-0.3, -0.25) is 14.3 Å². The Labute approximate surface area is 145 Å². The van der Waals surface area contributed by atoms with E-state index in [0.717, 1.165) is 5.56 Å². The van der Waals surface area contributed by atoms with Crippen LogP contribution in [0.2, 0.25) is 0 Å². The third kappa shape index (κ3) is 5.76. The van der Waals surface area contributed by atoms with Gasteiger partial charge in [0.1, 0.15) is 0 Å². The second kappa shape index (κ2) is 8.62. The number of hydrogen-bond donors (Lipinski definition) is 1. The number of hydrogen-bond acceptors (Lipinski definition) is 5. The van der Waals surface area contributed by atoms with Gasteiger partial charge in [-0.15, -0.1) is 0 Å². The first-order valence-electron chi connectivity index (χ1n) is 7.71. The van der Waals surface area contributed by atoms with Crippen molar-refractivity contribution in [3.8, 4) is 0 Å². The number of aryl methyl sites for hydroxylation is 1. The lowest BCUT2D eigenvalue weighted by Crippen LogP contribution is -2.36. The Morgan fingerprint density at radius 3 is 2.56 bits per heavy atom. The molecule has 8 nitrogen and oxygen atoms in total. The van der Waals surface area contributed by atoms with E-state index in [1.807, 2.05) is 30.3 Å². The smallest absolute Gasteiger partial charge is 0.341 e. The molecule has 0 saturated carbocycles. The molecule has 0 fully saturated rings. The van der Waals surface area contributed by atoms with E-state index in [0.29, 0.717) is 6.54 Å². The first-order valence-corrected chi connectivity index (χ1v) is 7.71. The fourth-order valence-electron chi connectivity index (χ4n) is 2.17. The van der Waals surface area contributed by atoms with Crippen molar-refractivity contribution in [3.63, 3.8) is 0 Å². The molecule has 132 valence electrons. The molecular formula is C17H20N4O4. The topological polar surface area (TPSA) is 108 Å². The number of carbonyl (C=O) groups is 3. The van der Waals surface area contributed by atoms with E-state index in [9.17, 15) is 14.4 Å². The van der Waals surface area contributed by atoms with Crippen LogP contribution < -0.4 is 5.73 Å². The highest BCUT2D eigenvalue weighted by Crippen LogP contribution is 2.07. The number of carbonyl (C=O) groups excluding carboxylic acids is 3. The van der Waals surface area contributed by atoms with Crippen LogP contribution in [-0.4, -0.2) is 45.6 Å². The maximum absolute atomic E-state index is 12.4. The minimum atomic E-state index is -0.629. The van der Waals surface area contributed by atoms with E-state index in [-0.39, 0.29) is 18.5 Å². The maximum atomic E-state index is 12.4. The summed E-state index contributed by atoms with van der Waals surface area (Å²) >= 11 is 0. The lowest BCUT2D eigenvalue weighted by molar-refractivity contribution is -0.135. The molecule has 0 saturated heterocycles. The van der Waals surface area contributed by atoms with Crippen molar-refractivity contribution in [2.45, 2.75) is 13.0 Å². The van der Waals surface area contributed by atoms with Crippen LogP contribution in [0.3, 0.4) is 0 Å². The number of primary amides is 1. The Kier molecular flexibility index (Phi) is 6.27. The summed E-state index contributed by atoms with van der Waals surface area (Å²) in [6, 6.07) is 9.32. The van der Waals surface area contributed by atoms with Crippen LogP contribution in [-0.2, 0) is 27.9 Å². The number of ether oxygens (including phenoxy) is 1. The molecule has 1 aromatic heterocycles. The zero-order valence-corrected chi connectivity index (χ0v) is 13.9. The molecule has 25 heavy (non-hydrogen) atoms. The van der Waals surface area contributed by atoms with Crippen molar-refractivity contribution in [2.24, 2.45) is 12.8 Å². The molecule has 0 aliphatic heterocycles. The predicted molar refractivity (Wildman–Crippen MR) is 89.2 cm³/mol. The fourth-order valence-corrected chi connectivity index (χ4v) is 2.17. The molecule has 0 radical (unpaired) electrons. The van der Waals surface area contributed by atoms with Crippen LogP contribution >= 0.6 is 0 Å². The number of nitrogens with two attached hydrogens (primary N) is 1. The summed E-state index contributed by atoms with van der Waals surface area (Å²) in [6.45, 7) is 0.0459. The predicted octanol–water partition coefficient (Wildman–Crippen LogP) is 0.481. The molecule has 2 aromatic rings. The average Bonchev–Trinajstić information content (AvgIpc) is 3.03. The minimum Gasteiger partial charge on any atom is -0.452 e. The van der Waals surface area contributed by atoms with Gasteiger partial charge in [-0.2, -0.15) is 5.10 Å². The quantitative estimate of drug-likeness (QED) is 0.701. The summed E-state index contributed by atoms with van der Waals surface area (Å²) in [5, 5.41) is 3.87. The van der Waals surface area contributed by atoms with Gasteiger partial charge in [-0.1, -0.05) is 30.3 Å². The number of amides is 2. The summed E-state index contributed by atoms with van der Waals surface area (Å²) in [5.41, 5.74) is 6.33. The fraction of sp³-hybridized carbons (Fsp3) is 0.294. The average molecular weight is 344 g/mol. The molecule has 0 bridgehead atoms. The van der Waals surface area contributed by atoms with Crippen LogP contribution in [0.25, 0.3) is 0 Å². The van der Waals surface area contributed by atoms with Gasteiger partial charge in [-0.25, -0.2) is 4.79 Å². The van der Waals surface area contributed by atoms with E-state index >= 15 is 0 Å². The number of aromatic nitrogens is 2. The second-order valence-electron chi connectivity index (χ2n) is 5.50. The molecule has 2 rings (SSSR count). The van der Waals surface area contributed by atoms with Crippen LogP contribution in [0.5, 0.6) is 0 Å². The van der Waals surface area contributed by atoms with Crippen molar-refractivity contribution in [1.29, 1.82) is 0 Å². The van der Waals surface area contributed by atoms with Gasteiger partial charge in [-0.05, 0) is 5.56 Å². The molecule has 0 aliphatic carbocycles. The summed E-state index contributed by atoms with van der Waals surface area (Å²) in [6.07, 6.45) is 2.90. The normalized spacial score (nSPS) is 10.3. The molecule has 2 N–H and O–H groups in total. The minimum absolute atomic E-state index is 0.0368. The van der Waals surface area contributed by atoms with Crippen LogP contribution in [0.15, 0.2) is 42.7 Å². The van der Waals surface area contributed by atoms with Gasteiger partial charge in [0.15, 0.2) is 6.61 Å². The molecule has 2 amide bonds. The molecule has 0 unspecified atom stereocenters. The first-order chi connectivity index (χ1) is 12.0. The Balaban J connectivity index is 1.96. The number of rotatable bonds is 8. The number of nitrogens with zero attached hydrogens (tertiary/aromatic N) is 3. The summed E-state index contributed by atoms with van der Waals surface area (Å²) in [4.78, 5) is 36.7. The third-order valence-electron chi connectivity index (χ3n) is 3.46. The van der Waals surface area contributed by atoms with Gasteiger partial charge in [0.2, 0.25) is 5.91 Å². The van der Waals surface area contributed by atoms with Crippen LogP contribution in [0.1, 0.15) is 22.3 Å². The van der Waals surface area contributed by atoms with E-state index < -0.39 is 24.4 Å². The van der Waals surface area contributed by atoms with Gasteiger partial charge in [0.05, 0.1) is 11.8 Å². The van der Waals surface area contributed by atoms with Gasteiger partial charge < -0.3 is 15.4 Å². The molecule has 1 heterocycles. The van der Waals surface area contributed by atoms with Crippen LogP contribution in [0.4, 0.5) is 0 Å². The van der Waals surface area contributed by atoms with Gasteiger partial charge >= 0.3 is 5.97 Å². The Bertz CT molecular complexity index is 742. The molecule has 0 aliphatic rings. The number of benzene rings is 1. The van der Waals surface area contributed by atoms with Gasteiger partial charge in [0, 0.05) is 32.8 Å². The second-order valence-corrected chi connectivity index (χ2v) is 5.50. The highest BCUT2D eigenvalue weighted by Gasteiger charge is 2.18. The Morgan fingerprint density at radius 2 is 1.96 bits per heavy atom. The van der Waals surface area contributed by atoms with Crippen LogP contribution in [0, 0.1) is 0 Å². The zero-order valence-electron chi connectivity index (χ0n) is 13.9. The lowest BCUT2D eigenvalue weighted by Gasteiger charge is -2.22. The third-order valence-corrected chi connectivity index (χ3v) is 3.46. The molecular weight excluding hydrogens is 324 g/mol. The largest absolute Gasteiger partial charge is 0.452 e. The molecule has 1 aromatic carbocycles. The van der Waals surface area contributed by atoms with E-state index in [2.05, 4.69) is 5.10 Å². The van der Waals surface area contributed by atoms with Crippen molar-refractivity contribution < 1.29 is 19.1 Å². The van der Waals surface area contributed by atoms with Crippen molar-refractivity contribution in [1.82, 2.24) is 14.7 Å². The zero-order chi connectivity index (χ0) is 18.2. The molecule has 0 atom stereocenters. The summed E-state index contributed by atoms with van der Waals surface area (Å²) < 4.78 is 6.49. The standard InChI is InChI=1S/C17H20N4O4/c1-20-11-14(9-19-20)17(24)25-12-16(23)21(8-7-15(18)22)10-13-5-3-2-4-6-13/h2-6,9,11H,7-8,10,12H2,1H3,(H2,18,22). The van der Waals surface area contributed by atoms with Crippen molar-refractivity contribution >= 4 is 17.8 Å². The summed E-state index contributed by atoms with van der Waals surface area (Å²) in [7, 11) is 1.67. The first kappa shape index (κ1) is 18.2. The number of esters is 1. The highest BCUT2D eigenvalue weighted by molar-refractivity contribution is 5.90. The Morgan fingerprint density at radius 1 is 1.24 bits per heavy atom. The van der Waals surface area contributed by atoms with E-state index in [4.69, 9.17) is 10.5 Å². The monoisotopic (exact) mass is 344 g/mol. The molecule has 0 spiro atoms.